The van der Waals surface area contributed by atoms with Crippen LogP contribution >= 0.6 is 0 Å². The van der Waals surface area contributed by atoms with Crippen molar-refractivity contribution in [3.63, 3.8) is 0 Å². The quantitative estimate of drug-likeness (QED) is 0.640. The van der Waals surface area contributed by atoms with Gasteiger partial charge in [-0.15, -0.1) is 0 Å². The van der Waals surface area contributed by atoms with E-state index < -0.39 is 0 Å². The van der Waals surface area contributed by atoms with E-state index in [-0.39, 0.29) is 11.9 Å². The van der Waals surface area contributed by atoms with Crippen LogP contribution in [0.4, 0.5) is 23.0 Å². The van der Waals surface area contributed by atoms with Crippen LogP contribution in [-0.2, 0) is 9.53 Å². The number of nitrogen functional groups attached to an aromatic ring is 1. The van der Waals surface area contributed by atoms with E-state index in [1.165, 1.54) is 6.33 Å². The van der Waals surface area contributed by atoms with E-state index in [0.717, 1.165) is 35.8 Å². The number of esters is 1. The molecule has 1 atom stereocenters. The highest BCUT2D eigenvalue weighted by Crippen LogP contribution is 2.33. The number of aromatic nitrogens is 2. The fraction of sp³-hybridized carbons (Fsp3) is 0.318. The number of hydrogen-bond acceptors (Lipinski definition) is 7. The standard InChI is InChI=1S/C22H25N5O2/c1-2-29-22(28)16-9-6-12-27(13-16)21-19(23)20(24-14-25-21)26-18-11-5-8-15-7-3-4-10-17(15)18/h3-5,7-8,10-11,14,16H,2,6,9,12-13,23H2,1H3,(H,24,25,26). The highest BCUT2D eigenvalue weighted by Gasteiger charge is 2.29. The summed E-state index contributed by atoms with van der Waals surface area (Å²) in [6.45, 7) is 3.56. The normalized spacial score (nSPS) is 16.6. The number of nitrogens with two attached hydrogens (primary N) is 1. The summed E-state index contributed by atoms with van der Waals surface area (Å²) in [5.74, 6) is 0.896. The summed E-state index contributed by atoms with van der Waals surface area (Å²) in [5, 5.41) is 5.58. The second-order valence-corrected chi connectivity index (χ2v) is 7.15. The maximum absolute atomic E-state index is 12.2. The third kappa shape index (κ3) is 3.94. The molecule has 3 aromatic rings. The second-order valence-electron chi connectivity index (χ2n) is 7.15. The van der Waals surface area contributed by atoms with Crippen LogP contribution in [0.2, 0.25) is 0 Å². The van der Waals surface area contributed by atoms with Crippen molar-refractivity contribution in [3.05, 3.63) is 48.8 Å². The van der Waals surface area contributed by atoms with Gasteiger partial charge in [0.15, 0.2) is 11.6 Å². The molecule has 0 amide bonds. The molecule has 0 aliphatic carbocycles. The van der Waals surface area contributed by atoms with Crippen LogP contribution < -0.4 is 16.0 Å². The molecule has 2 aromatic carbocycles. The number of nitrogens with zero attached hydrogens (tertiary/aromatic N) is 3. The Morgan fingerprint density at radius 1 is 1.24 bits per heavy atom. The summed E-state index contributed by atoms with van der Waals surface area (Å²) in [4.78, 5) is 23.0. The molecule has 2 heterocycles. The van der Waals surface area contributed by atoms with Crippen molar-refractivity contribution in [1.29, 1.82) is 0 Å². The van der Waals surface area contributed by atoms with Crippen LogP contribution in [0.15, 0.2) is 48.8 Å². The fourth-order valence-electron chi connectivity index (χ4n) is 3.82. The van der Waals surface area contributed by atoms with E-state index in [1.807, 2.05) is 31.2 Å². The molecule has 1 unspecified atom stereocenters. The summed E-state index contributed by atoms with van der Waals surface area (Å²) >= 11 is 0. The van der Waals surface area contributed by atoms with Gasteiger partial charge in [0, 0.05) is 24.2 Å². The molecule has 0 saturated carbocycles. The van der Waals surface area contributed by atoms with E-state index >= 15 is 0 Å². The molecule has 29 heavy (non-hydrogen) atoms. The van der Waals surface area contributed by atoms with E-state index in [9.17, 15) is 4.79 Å². The number of hydrogen-bond donors (Lipinski definition) is 2. The Balaban J connectivity index is 1.60. The lowest BCUT2D eigenvalue weighted by atomic mass is 9.98. The number of piperidine rings is 1. The summed E-state index contributed by atoms with van der Waals surface area (Å²) in [6, 6.07) is 14.2. The molecule has 1 aromatic heterocycles. The summed E-state index contributed by atoms with van der Waals surface area (Å²) in [5.41, 5.74) is 7.85. The molecule has 0 spiro atoms. The highest BCUT2D eigenvalue weighted by molar-refractivity contribution is 5.96. The molecule has 0 radical (unpaired) electrons. The number of anilines is 4. The van der Waals surface area contributed by atoms with Crippen LogP contribution in [0.5, 0.6) is 0 Å². The van der Waals surface area contributed by atoms with Crippen molar-refractivity contribution in [3.8, 4) is 0 Å². The lowest BCUT2D eigenvalue weighted by Crippen LogP contribution is -2.40. The third-order valence-corrected chi connectivity index (χ3v) is 5.25. The van der Waals surface area contributed by atoms with Gasteiger partial charge in [0.25, 0.3) is 0 Å². The Morgan fingerprint density at radius 2 is 2.07 bits per heavy atom. The van der Waals surface area contributed by atoms with Crippen molar-refractivity contribution in [1.82, 2.24) is 9.97 Å². The van der Waals surface area contributed by atoms with Gasteiger partial charge in [-0.25, -0.2) is 9.97 Å². The number of carbonyl (C=O) groups excluding carboxylic acids is 1. The number of benzene rings is 2. The molecular formula is C22H25N5O2. The van der Waals surface area contributed by atoms with Crippen LogP contribution in [0.1, 0.15) is 19.8 Å². The molecular weight excluding hydrogens is 366 g/mol. The molecule has 150 valence electrons. The maximum atomic E-state index is 12.2. The Morgan fingerprint density at radius 3 is 2.93 bits per heavy atom. The summed E-state index contributed by atoms with van der Waals surface area (Å²) in [6.07, 6.45) is 3.22. The lowest BCUT2D eigenvalue weighted by molar-refractivity contribution is -0.148. The van der Waals surface area contributed by atoms with Gasteiger partial charge in [0.1, 0.15) is 12.0 Å². The fourth-order valence-corrected chi connectivity index (χ4v) is 3.82. The lowest BCUT2D eigenvalue weighted by Gasteiger charge is -2.33. The van der Waals surface area contributed by atoms with Crippen LogP contribution in [0.3, 0.4) is 0 Å². The topological polar surface area (TPSA) is 93.4 Å². The van der Waals surface area contributed by atoms with Gasteiger partial charge in [0.2, 0.25) is 0 Å². The van der Waals surface area contributed by atoms with Gasteiger partial charge < -0.3 is 20.7 Å². The largest absolute Gasteiger partial charge is 0.466 e. The van der Waals surface area contributed by atoms with Crippen molar-refractivity contribution in [2.75, 3.05) is 35.6 Å². The summed E-state index contributed by atoms with van der Waals surface area (Å²) in [7, 11) is 0. The Kier molecular flexibility index (Phi) is 5.46. The van der Waals surface area contributed by atoms with Crippen LogP contribution in [0.25, 0.3) is 10.8 Å². The molecule has 0 bridgehead atoms. The number of carbonyl (C=O) groups is 1. The molecule has 1 saturated heterocycles. The first-order valence-corrected chi connectivity index (χ1v) is 9.94. The van der Waals surface area contributed by atoms with Gasteiger partial charge in [-0.05, 0) is 31.2 Å². The van der Waals surface area contributed by atoms with Gasteiger partial charge in [-0.3, -0.25) is 4.79 Å². The minimum Gasteiger partial charge on any atom is -0.466 e. The van der Waals surface area contributed by atoms with E-state index in [4.69, 9.17) is 10.5 Å². The highest BCUT2D eigenvalue weighted by atomic mass is 16.5. The van der Waals surface area contributed by atoms with Crippen molar-refractivity contribution in [2.24, 2.45) is 5.92 Å². The SMILES string of the molecule is CCOC(=O)C1CCCN(c2ncnc(Nc3cccc4ccccc34)c2N)C1. The molecule has 7 heteroatoms. The number of fused-ring (bicyclic) bond motifs is 1. The molecule has 4 rings (SSSR count). The Bertz CT molecular complexity index is 1020. The predicted octanol–water partition coefficient (Wildman–Crippen LogP) is 3.74. The van der Waals surface area contributed by atoms with E-state index in [2.05, 4.69) is 38.4 Å². The molecule has 3 N–H and O–H groups in total. The number of nitrogens with one attached hydrogen (secondary N) is 1. The van der Waals surface area contributed by atoms with Gasteiger partial charge >= 0.3 is 5.97 Å². The minimum atomic E-state index is -0.160. The number of rotatable bonds is 5. The van der Waals surface area contributed by atoms with Gasteiger partial charge in [0.05, 0.1) is 12.5 Å². The van der Waals surface area contributed by atoms with Gasteiger partial charge in [-0.2, -0.15) is 0 Å². The maximum Gasteiger partial charge on any atom is 0.310 e. The smallest absolute Gasteiger partial charge is 0.310 e. The monoisotopic (exact) mass is 391 g/mol. The molecule has 7 nitrogen and oxygen atoms in total. The zero-order valence-electron chi connectivity index (χ0n) is 16.5. The predicted molar refractivity (Wildman–Crippen MR) is 115 cm³/mol. The van der Waals surface area contributed by atoms with Crippen molar-refractivity contribution in [2.45, 2.75) is 19.8 Å². The van der Waals surface area contributed by atoms with Crippen molar-refractivity contribution < 1.29 is 9.53 Å². The summed E-state index contributed by atoms with van der Waals surface area (Å²) < 4.78 is 5.20. The number of ether oxygens (including phenoxy) is 1. The second kappa shape index (κ2) is 8.34. The molecule has 1 aliphatic rings. The van der Waals surface area contributed by atoms with E-state index in [0.29, 0.717) is 30.5 Å². The van der Waals surface area contributed by atoms with Gasteiger partial charge in [-0.1, -0.05) is 36.4 Å². The minimum absolute atomic E-state index is 0.154. The molecule has 1 fully saturated rings. The first-order chi connectivity index (χ1) is 14.2. The average molecular weight is 391 g/mol. The molecule has 1 aliphatic heterocycles. The van der Waals surface area contributed by atoms with Crippen LogP contribution in [-0.4, -0.2) is 35.6 Å². The zero-order chi connectivity index (χ0) is 20.2. The van der Waals surface area contributed by atoms with Crippen molar-refractivity contribution >= 4 is 39.8 Å². The first kappa shape index (κ1) is 19.0. The first-order valence-electron chi connectivity index (χ1n) is 9.94. The van der Waals surface area contributed by atoms with E-state index in [1.54, 1.807) is 0 Å². The van der Waals surface area contributed by atoms with Crippen LogP contribution in [0, 0.1) is 5.92 Å². The average Bonchev–Trinajstić information content (AvgIpc) is 2.76. The Hall–Kier alpha value is -3.35. The zero-order valence-corrected chi connectivity index (χ0v) is 16.5. The third-order valence-electron chi connectivity index (χ3n) is 5.25. The Labute approximate surface area is 169 Å².